The third-order valence-electron chi connectivity index (χ3n) is 2.76. The summed E-state index contributed by atoms with van der Waals surface area (Å²) in [5.74, 6) is 0.905. The molecule has 2 heterocycles. The van der Waals surface area contributed by atoms with Gasteiger partial charge in [0.2, 0.25) is 5.91 Å². The lowest BCUT2D eigenvalue weighted by Crippen LogP contribution is -2.45. The molecule has 1 aliphatic rings. The summed E-state index contributed by atoms with van der Waals surface area (Å²) in [6, 6.07) is 3.57. The van der Waals surface area contributed by atoms with Gasteiger partial charge in [-0.05, 0) is 12.1 Å². The molecular formula is C12H19IN4O3. The highest BCUT2D eigenvalue weighted by atomic mass is 127. The van der Waals surface area contributed by atoms with Crippen LogP contribution in [-0.2, 0) is 16.1 Å². The lowest BCUT2D eigenvalue weighted by atomic mass is 10.4. The molecule has 0 aliphatic carbocycles. The van der Waals surface area contributed by atoms with Crippen molar-refractivity contribution < 1.29 is 13.9 Å². The summed E-state index contributed by atoms with van der Waals surface area (Å²) in [6.45, 7) is 3.08. The molecule has 1 amide bonds. The van der Waals surface area contributed by atoms with Crippen molar-refractivity contribution in [3.63, 3.8) is 0 Å². The van der Waals surface area contributed by atoms with Crippen molar-refractivity contribution >= 4 is 35.8 Å². The molecule has 112 valence electrons. The molecule has 3 N–H and O–H groups in total. The first-order chi connectivity index (χ1) is 9.25. The summed E-state index contributed by atoms with van der Waals surface area (Å²) >= 11 is 0. The Morgan fingerprint density at radius 1 is 1.45 bits per heavy atom. The highest BCUT2D eigenvalue weighted by molar-refractivity contribution is 14.0. The van der Waals surface area contributed by atoms with Gasteiger partial charge in [-0.2, -0.15) is 0 Å². The second-order valence-electron chi connectivity index (χ2n) is 4.13. The Morgan fingerprint density at radius 2 is 2.20 bits per heavy atom. The topological polar surface area (TPSA) is 93.1 Å². The van der Waals surface area contributed by atoms with Gasteiger partial charge in [0.1, 0.15) is 12.3 Å². The minimum absolute atomic E-state index is 0. The Labute approximate surface area is 134 Å². The Bertz CT molecular complexity index is 430. The highest BCUT2D eigenvalue weighted by Gasteiger charge is 2.12. The maximum atomic E-state index is 11.6. The molecule has 8 heteroatoms. The lowest BCUT2D eigenvalue weighted by Gasteiger charge is -2.27. The van der Waals surface area contributed by atoms with Gasteiger partial charge in [-0.3, -0.25) is 4.79 Å². The van der Waals surface area contributed by atoms with Crippen molar-refractivity contribution in [1.82, 2.24) is 10.2 Å². The van der Waals surface area contributed by atoms with E-state index in [-0.39, 0.29) is 36.4 Å². The van der Waals surface area contributed by atoms with Crippen LogP contribution in [0.4, 0.5) is 0 Å². The van der Waals surface area contributed by atoms with E-state index >= 15 is 0 Å². The summed E-state index contributed by atoms with van der Waals surface area (Å²) in [5, 5.41) is 2.70. The highest BCUT2D eigenvalue weighted by Crippen LogP contribution is 1.98. The fourth-order valence-electron chi connectivity index (χ4n) is 1.70. The molecule has 0 spiro atoms. The predicted octanol–water partition coefficient (Wildman–Crippen LogP) is 0.161. The second-order valence-corrected chi connectivity index (χ2v) is 4.13. The lowest BCUT2D eigenvalue weighted by molar-refractivity contribution is -0.119. The Hall–Kier alpha value is -1.29. The molecule has 1 aromatic rings. The second kappa shape index (κ2) is 8.80. The SMILES string of the molecule is I.NC(=NCC(=O)NCc1ccco1)N1CCOCC1. The summed E-state index contributed by atoms with van der Waals surface area (Å²) in [7, 11) is 0. The van der Waals surface area contributed by atoms with Crippen LogP contribution in [0, 0.1) is 0 Å². The van der Waals surface area contributed by atoms with E-state index in [0.717, 1.165) is 0 Å². The minimum atomic E-state index is -0.187. The largest absolute Gasteiger partial charge is 0.467 e. The number of halogens is 1. The van der Waals surface area contributed by atoms with Crippen molar-refractivity contribution in [2.45, 2.75) is 6.54 Å². The van der Waals surface area contributed by atoms with Gasteiger partial charge in [0, 0.05) is 13.1 Å². The van der Waals surface area contributed by atoms with E-state index in [9.17, 15) is 4.79 Å². The van der Waals surface area contributed by atoms with E-state index < -0.39 is 0 Å². The van der Waals surface area contributed by atoms with Crippen molar-refractivity contribution in [3.05, 3.63) is 24.2 Å². The number of furan rings is 1. The van der Waals surface area contributed by atoms with Crippen LogP contribution in [0.15, 0.2) is 27.8 Å². The maximum absolute atomic E-state index is 11.6. The van der Waals surface area contributed by atoms with Crippen LogP contribution in [-0.4, -0.2) is 49.6 Å². The summed E-state index contributed by atoms with van der Waals surface area (Å²) < 4.78 is 10.3. The molecule has 1 aromatic heterocycles. The fraction of sp³-hybridized carbons (Fsp3) is 0.500. The number of nitrogens with two attached hydrogens (primary N) is 1. The Kier molecular flexibility index (Phi) is 7.37. The zero-order valence-electron chi connectivity index (χ0n) is 11.1. The molecule has 0 atom stereocenters. The number of amides is 1. The van der Waals surface area contributed by atoms with Crippen LogP contribution >= 0.6 is 24.0 Å². The molecule has 7 nitrogen and oxygen atoms in total. The average molecular weight is 394 g/mol. The van der Waals surface area contributed by atoms with Gasteiger partial charge >= 0.3 is 0 Å². The number of aliphatic imine (C=N–C) groups is 1. The number of carbonyl (C=O) groups excluding carboxylic acids is 1. The third-order valence-corrected chi connectivity index (χ3v) is 2.76. The van der Waals surface area contributed by atoms with E-state index in [2.05, 4.69) is 10.3 Å². The number of hydrogen-bond acceptors (Lipinski definition) is 4. The Balaban J connectivity index is 0.00000200. The molecule has 1 saturated heterocycles. The van der Waals surface area contributed by atoms with Gasteiger partial charge in [-0.25, -0.2) is 4.99 Å². The standard InChI is InChI=1S/C12H18N4O3.HI/c13-12(16-3-6-18-7-4-16)15-9-11(17)14-8-10-2-1-5-19-10;/h1-2,5H,3-4,6-9H2,(H2,13,15)(H,14,17);1H. The number of guanidine groups is 1. The first kappa shape index (κ1) is 16.8. The van der Waals surface area contributed by atoms with Crippen LogP contribution in [0.25, 0.3) is 0 Å². The average Bonchev–Trinajstić information content (AvgIpc) is 2.96. The van der Waals surface area contributed by atoms with Crippen molar-refractivity contribution in [2.75, 3.05) is 32.8 Å². The third kappa shape index (κ3) is 5.37. The van der Waals surface area contributed by atoms with Crippen molar-refractivity contribution in [2.24, 2.45) is 10.7 Å². The molecule has 1 fully saturated rings. The van der Waals surface area contributed by atoms with Gasteiger partial charge in [-0.1, -0.05) is 0 Å². The minimum Gasteiger partial charge on any atom is -0.467 e. The number of morpholine rings is 1. The molecule has 1 aliphatic heterocycles. The summed E-state index contributed by atoms with van der Waals surface area (Å²) in [4.78, 5) is 17.5. The fourth-order valence-corrected chi connectivity index (χ4v) is 1.70. The zero-order chi connectivity index (χ0) is 13.5. The summed E-state index contributed by atoms with van der Waals surface area (Å²) in [6.07, 6.45) is 1.57. The van der Waals surface area contributed by atoms with E-state index in [1.807, 2.05) is 4.90 Å². The van der Waals surface area contributed by atoms with E-state index in [1.165, 1.54) is 0 Å². The van der Waals surface area contributed by atoms with Gasteiger partial charge in [-0.15, -0.1) is 24.0 Å². The van der Waals surface area contributed by atoms with Crippen LogP contribution in [0.5, 0.6) is 0 Å². The quantitative estimate of drug-likeness (QED) is 0.431. The van der Waals surface area contributed by atoms with Crippen LogP contribution in [0.2, 0.25) is 0 Å². The number of carbonyl (C=O) groups is 1. The van der Waals surface area contributed by atoms with Crippen molar-refractivity contribution in [1.29, 1.82) is 0 Å². The van der Waals surface area contributed by atoms with E-state index in [1.54, 1.807) is 18.4 Å². The molecule has 20 heavy (non-hydrogen) atoms. The molecular weight excluding hydrogens is 375 g/mol. The molecule has 0 unspecified atom stereocenters. The van der Waals surface area contributed by atoms with Crippen LogP contribution in [0.1, 0.15) is 5.76 Å². The number of ether oxygens (including phenoxy) is 1. The number of rotatable bonds is 4. The first-order valence-electron chi connectivity index (χ1n) is 6.17. The van der Waals surface area contributed by atoms with Crippen LogP contribution in [0.3, 0.4) is 0 Å². The van der Waals surface area contributed by atoms with E-state index in [0.29, 0.717) is 44.6 Å². The van der Waals surface area contributed by atoms with E-state index in [4.69, 9.17) is 14.9 Å². The number of nitrogens with zero attached hydrogens (tertiary/aromatic N) is 2. The first-order valence-corrected chi connectivity index (χ1v) is 6.17. The normalized spacial score (nSPS) is 15.6. The Morgan fingerprint density at radius 3 is 2.85 bits per heavy atom. The monoisotopic (exact) mass is 394 g/mol. The number of nitrogens with one attached hydrogen (secondary N) is 1. The smallest absolute Gasteiger partial charge is 0.242 e. The maximum Gasteiger partial charge on any atom is 0.242 e. The van der Waals surface area contributed by atoms with Crippen LogP contribution < -0.4 is 11.1 Å². The molecule has 0 bridgehead atoms. The molecule has 2 rings (SSSR count). The summed E-state index contributed by atoms with van der Waals surface area (Å²) in [5.41, 5.74) is 5.81. The van der Waals surface area contributed by atoms with Gasteiger partial charge in [0.05, 0.1) is 26.0 Å². The van der Waals surface area contributed by atoms with Gasteiger partial charge in [0.15, 0.2) is 5.96 Å². The van der Waals surface area contributed by atoms with Gasteiger partial charge < -0.3 is 25.1 Å². The predicted molar refractivity (Wildman–Crippen MR) is 84.9 cm³/mol. The molecule has 0 radical (unpaired) electrons. The number of hydrogen-bond donors (Lipinski definition) is 2. The zero-order valence-corrected chi connectivity index (χ0v) is 13.4. The molecule has 0 aromatic carbocycles. The molecule has 0 saturated carbocycles. The van der Waals surface area contributed by atoms with Gasteiger partial charge in [0.25, 0.3) is 0 Å². The van der Waals surface area contributed by atoms with Crippen molar-refractivity contribution in [3.8, 4) is 0 Å².